The lowest BCUT2D eigenvalue weighted by molar-refractivity contribution is 0.0503. The first kappa shape index (κ1) is 14.9. The van der Waals surface area contributed by atoms with Crippen LogP contribution in [0.4, 0.5) is 0 Å². The number of aryl methyl sites for hydroxylation is 1. The molecule has 0 radical (unpaired) electrons. The molecule has 0 spiro atoms. The highest BCUT2D eigenvalue weighted by Crippen LogP contribution is 2.38. The number of hydrogen-bond acceptors (Lipinski definition) is 4. The fourth-order valence-corrected chi connectivity index (χ4v) is 4.30. The van der Waals surface area contributed by atoms with Gasteiger partial charge in [-0.05, 0) is 51.9 Å². The van der Waals surface area contributed by atoms with E-state index < -0.39 is 0 Å². The molecular formula is C17H28N4. The average Bonchev–Trinajstić information content (AvgIpc) is 2.87. The summed E-state index contributed by atoms with van der Waals surface area (Å²) in [6, 6.07) is 6.91. The Hall–Kier alpha value is -0.970. The Kier molecular flexibility index (Phi) is 4.29. The number of nitrogens with zero attached hydrogens (tertiary/aromatic N) is 3. The predicted octanol–water partition coefficient (Wildman–Crippen LogP) is 1.78. The zero-order valence-electron chi connectivity index (χ0n) is 13.4. The molecule has 2 atom stereocenters. The van der Waals surface area contributed by atoms with Crippen molar-refractivity contribution in [3.63, 3.8) is 0 Å². The lowest BCUT2D eigenvalue weighted by atomic mass is 9.84. The Morgan fingerprint density at radius 3 is 3.00 bits per heavy atom. The molecule has 116 valence electrons. The third kappa shape index (κ3) is 2.72. The summed E-state index contributed by atoms with van der Waals surface area (Å²) in [5.41, 5.74) is 8.65. The maximum absolute atomic E-state index is 6.27. The number of hydrogen-bond donors (Lipinski definition) is 1. The number of nitrogens with two attached hydrogens (primary N) is 1. The molecule has 0 aliphatic carbocycles. The molecule has 0 aromatic carbocycles. The van der Waals surface area contributed by atoms with E-state index in [1.54, 1.807) is 0 Å². The molecule has 21 heavy (non-hydrogen) atoms. The standard InChI is InChI=1S/C17H28N4/c1-14-6-5-7-15(19-14)12-20(2)17(13-18)9-11-21-10-4-3-8-16(17)21/h5-7,16H,3-4,8-13,18H2,1-2H3. The van der Waals surface area contributed by atoms with Gasteiger partial charge in [0.1, 0.15) is 0 Å². The molecule has 2 saturated heterocycles. The topological polar surface area (TPSA) is 45.4 Å². The van der Waals surface area contributed by atoms with Gasteiger partial charge in [0.15, 0.2) is 0 Å². The highest BCUT2D eigenvalue weighted by atomic mass is 15.3. The van der Waals surface area contributed by atoms with Crippen molar-refractivity contribution < 1.29 is 0 Å². The second-order valence-electron chi connectivity index (χ2n) is 6.73. The second-order valence-corrected chi connectivity index (χ2v) is 6.73. The van der Waals surface area contributed by atoms with Gasteiger partial charge in [-0.25, -0.2) is 0 Å². The largest absolute Gasteiger partial charge is 0.329 e. The van der Waals surface area contributed by atoms with E-state index >= 15 is 0 Å². The van der Waals surface area contributed by atoms with Crippen molar-refractivity contribution in [2.75, 3.05) is 26.7 Å². The molecule has 3 rings (SSSR count). The van der Waals surface area contributed by atoms with Crippen molar-refractivity contribution in [3.8, 4) is 0 Å². The third-order valence-corrected chi connectivity index (χ3v) is 5.52. The zero-order chi connectivity index (χ0) is 14.9. The van der Waals surface area contributed by atoms with Crippen LogP contribution in [-0.4, -0.2) is 53.0 Å². The summed E-state index contributed by atoms with van der Waals surface area (Å²) in [6.45, 7) is 6.15. The Morgan fingerprint density at radius 2 is 2.24 bits per heavy atom. The number of fused-ring (bicyclic) bond motifs is 1. The summed E-state index contributed by atoms with van der Waals surface area (Å²) in [5.74, 6) is 0. The van der Waals surface area contributed by atoms with Crippen LogP contribution in [0, 0.1) is 6.92 Å². The van der Waals surface area contributed by atoms with E-state index in [1.165, 1.54) is 38.8 Å². The van der Waals surface area contributed by atoms with E-state index in [-0.39, 0.29) is 5.54 Å². The lowest BCUT2D eigenvalue weighted by Gasteiger charge is -2.45. The summed E-state index contributed by atoms with van der Waals surface area (Å²) in [6.07, 6.45) is 5.18. The predicted molar refractivity (Wildman–Crippen MR) is 86.1 cm³/mol. The average molecular weight is 288 g/mol. The minimum atomic E-state index is 0.131. The minimum absolute atomic E-state index is 0.131. The van der Waals surface area contributed by atoms with Gasteiger partial charge < -0.3 is 5.73 Å². The number of pyridine rings is 1. The molecule has 0 amide bonds. The molecule has 3 heterocycles. The molecule has 2 aliphatic rings. The molecule has 1 aromatic heterocycles. The Balaban J connectivity index is 1.79. The molecule has 2 unspecified atom stereocenters. The summed E-state index contributed by atoms with van der Waals surface area (Å²) < 4.78 is 0. The van der Waals surface area contributed by atoms with Crippen LogP contribution >= 0.6 is 0 Å². The van der Waals surface area contributed by atoms with Gasteiger partial charge in [-0.1, -0.05) is 12.5 Å². The van der Waals surface area contributed by atoms with Crippen LogP contribution in [0.3, 0.4) is 0 Å². The first-order chi connectivity index (χ1) is 10.2. The zero-order valence-corrected chi connectivity index (χ0v) is 13.4. The van der Waals surface area contributed by atoms with Crippen molar-refractivity contribution in [2.24, 2.45) is 5.73 Å². The summed E-state index contributed by atoms with van der Waals surface area (Å²) in [5, 5.41) is 0. The number of rotatable bonds is 4. The highest BCUT2D eigenvalue weighted by Gasteiger charge is 2.49. The van der Waals surface area contributed by atoms with Crippen molar-refractivity contribution in [1.82, 2.24) is 14.8 Å². The van der Waals surface area contributed by atoms with Crippen LogP contribution in [-0.2, 0) is 6.54 Å². The minimum Gasteiger partial charge on any atom is -0.329 e. The van der Waals surface area contributed by atoms with Crippen LogP contribution in [0.5, 0.6) is 0 Å². The monoisotopic (exact) mass is 288 g/mol. The molecule has 1 aromatic rings. The molecule has 2 aliphatic heterocycles. The van der Waals surface area contributed by atoms with Crippen molar-refractivity contribution in [3.05, 3.63) is 29.6 Å². The maximum Gasteiger partial charge on any atom is 0.0547 e. The first-order valence-corrected chi connectivity index (χ1v) is 8.23. The van der Waals surface area contributed by atoms with Crippen molar-refractivity contribution in [1.29, 1.82) is 0 Å². The van der Waals surface area contributed by atoms with E-state index in [0.717, 1.165) is 24.5 Å². The Labute approximate surface area is 128 Å². The number of likely N-dealkylation sites (N-methyl/N-ethyl adjacent to an activating group) is 1. The fourth-order valence-electron chi connectivity index (χ4n) is 4.30. The molecule has 0 bridgehead atoms. The molecule has 4 nitrogen and oxygen atoms in total. The maximum atomic E-state index is 6.27. The van der Waals surface area contributed by atoms with Gasteiger partial charge in [-0.3, -0.25) is 14.8 Å². The molecule has 0 saturated carbocycles. The van der Waals surface area contributed by atoms with E-state index in [2.05, 4.69) is 47.0 Å². The number of piperidine rings is 1. The normalized spacial score (nSPS) is 29.8. The SMILES string of the molecule is Cc1cccc(CN(C)C2(CN)CCN3CCCCC32)n1. The molecule has 4 heteroatoms. The third-order valence-electron chi connectivity index (χ3n) is 5.52. The van der Waals surface area contributed by atoms with Gasteiger partial charge in [0.25, 0.3) is 0 Å². The summed E-state index contributed by atoms with van der Waals surface area (Å²) >= 11 is 0. The van der Waals surface area contributed by atoms with Crippen LogP contribution < -0.4 is 5.73 Å². The van der Waals surface area contributed by atoms with Crippen LogP contribution in [0.2, 0.25) is 0 Å². The van der Waals surface area contributed by atoms with E-state index in [4.69, 9.17) is 5.73 Å². The molecular weight excluding hydrogens is 260 g/mol. The fraction of sp³-hybridized carbons (Fsp3) is 0.706. The molecule has 2 N–H and O–H groups in total. The van der Waals surface area contributed by atoms with Gasteiger partial charge in [0, 0.05) is 36.9 Å². The number of aromatic nitrogens is 1. The van der Waals surface area contributed by atoms with Crippen molar-refractivity contribution in [2.45, 2.75) is 50.7 Å². The van der Waals surface area contributed by atoms with E-state index in [0.29, 0.717) is 6.04 Å². The highest BCUT2D eigenvalue weighted by molar-refractivity contribution is 5.13. The van der Waals surface area contributed by atoms with Gasteiger partial charge in [0.05, 0.1) is 5.69 Å². The van der Waals surface area contributed by atoms with Gasteiger partial charge in [-0.2, -0.15) is 0 Å². The Morgan fingerprint density at radius 1 is 1.38 bits per heavy atom. The Bertz CT molecular complexity index is 489. The van der Waals surface area contributed by atoms with Gasteiger partial charge >= 0.3 is 0 Å². The van der Waals surface area contributed by atoms with Crippen molar-refractivity contribution >= 4 is 0 Å². The summed E-state index contributed by atoms with van der Waals surface area (Å²) in [4.78, 5) is 9.80. The first-order valence-electron chi connectivity index (χ1n) is 8.23. The molecule has 2 fully saturated rings. The van der Waals surface area contributed by atoms with Crippen LogP contribution in [0.15, 0.2) is 18.2 Å². The second kappa shape index (κ2) is 6.03. The quantitative estimate of drug-likeness (QED) is 0.917. The smallest absolute Gasteiger partial charge is 0.0547 e. The van der Waals surface area contributed by atoms with Gasteiger partial charge in [0.2, 0.25) is 0 Å². The summed E-state index contributed by atoms with van der Waals surface area (Å²) in [7, 11) is 2.23. The van der Waals surface area contributed by atoms with Gasteiger partial charge in [-0.15, -0.1) is 0 Å². The van der Waals surface area contributed by atoms with E-state index in [1.807, 2.05) is 0 Å². The van der Waals surface area contributed by atoms with E-state index in [9.17, 15) is 0 Å². The van der Waals surface area contributed by atoms with Crippen LogP contribution in [0.1, 0.15) is 37.1 Å². The lowest BCUT2D eigenvalue weighted by Crippen LogP contribution is -2.60. The van der Waals surface area contributed by atoms with Crippen LogP contribution in [0.25, 0.3) is 0 Å².